The van der Waals surface area contributed by atoms with Gasteiger partial charge in [0.15, 0.2) is 0 Å². The predicted molar refractivity (Wildman–Crippen MR) is 49.9 cm³/mol. The summed E-state index contributed by atoms with van der Waals surface area (Å²) >= 11 is 1.70. The fourth-order valence-electron chi connectivity index (χ4n) is 1.29. The molecule has 1 aromatic rings. The van der Waals surface area contributed by atoms with E-state index >= 15 is 0 Å². The Labute approximate surface area is 76.0 Å². The highest BCUT2D eigenvalue weighted by Crippen LogP contribution is 2.18. The van der Waals surface area contributed by atoms with Crippen LogP contribution in [0.1, 0.15) is 5.01 Å². The zero-order valence-electron chi connectivity index (χ0n) is 7.12. The van der Waals surface area contributed by atoms with Gasteiger partial charge in [-0.05, 0) is 6.92 Å². The molecule has 0 unspecified atom stereocenters. The number of hydrogen-bond acceptors (Lipinski definition) is 4. The number of aryl methyl sites for hydroxylation is 1. The molecular weight excluding hydrogens is 172 g/mol. The van der Waals surface area contributed by atoms with Gasteiger partial charge in [-0.3, -0.25) is 0 Å². The van der Waals surface area contributed by atoms with E-state index in [2.05, 4.69) is 15.3 Å². The minimum atomic E-state index is 0.830. The summed E-state index contributed by atoms with van der Waals surface area (Å²) in [7, 11) is 0. The molecule has 0 spiro atoms. The second-order valence-electron chi connectivity index (χ2n) is 2.82. The molecule has 2 rings (SSSR count). The van der Waals surface area contributed by atoms with Crippen molar-refractivity contribution in [2.75, 3.05) is 31.2 Å². The molecule has 66 valence electrons. The van der Waals surface area contributed by atoms with Crippen LogP contribution in [0.25, 0.3) is 0 Å². The van der Waals surface area contributed by atoms with Crippen LogP contribution in [0.2, 0.25) is 0 Å². The highest BCUT2D eigenvalue weighted by molar-refractivity contribution is 7.09. The Morgan fingerprint density at radius 1 is 1.50 bits per heavy atom. The fourth-order valence-corrected chi connectivity index (χ4v) is 1.91. The molecule has 1 aliphatic heterocycles. The molecule has 2 heterocycles. The summed E-state index contributed by atoms with van der Waals surface area (Å²) in [6.45, 7) is 5.65. The lowest BCUT2D eigenvalue weighted by Gasteiger charge is -2.26. The Bertz CT molecular complexity index is 255. The van der Waals surface area contributed by atoms with E-state index < -0.39 is 0 Å². The summed E-state index contributed by atoms with van der Waals surface area (Å²) in [5.74, 6) is 1.11. The van der Waals surface area contributed by atoms with Crippen molar-refractivity contribution in [2.24, 2.45) is 0 Å². The van der Waals surface area contributed by atoms with E-state index in [1.807, 2.05) is 6.92 Å². The van der Waals surface area contributed by atoms with E-state index in [1.54, 1.807) is 11.3 Å². The molecule has 1 aromatic heterocycles. The molecule has 0 bridgehead atoms. The van der Waals surface area contributed by atoms with E-state index in [0.29, 0.717) is 0 Å². The third kappa shape index (κ3) is 1.59. The first kappa shape index (κ1) is 8.01. The third-order valence-electron chi connectivity index (χ3n) is 1.94. The number of nitrogens with zero attached hydrogens (tertiary/aromatic N) is 2. The standard InChI is InChI=1S/C8H12N2OS/c1-7-9-8(6-12-7)10-2-4-11-5-3-10/h6H,2-5H2,1H3. The zero-order valence-corrected chi connectivity index (χ0v) is 7.93. The number of anilines is 1. The van der Waals surface area contributed by atoms with Crippen LogP contribution in [-0.4, -0.2) is 31.3 Å². The highest BCUT2D eigenvalue weighted by atomic mass is 32.1. The quantitative estimate of drug-likeness (QED) is 0.657. The average molecular weight is 184 g/mol. The van der Waals surface area contributed by atoms with Gasteiger partial charge in [0.05, 0.1) is 18.2 Å². The van der Waals surface area contributed by atoms with Crippen LogP contribution < -0.4 is 4.90 Å². The maximum absolute atomic E-state index is 5.26. The average Bonchev–Trinajstić information content (AvgIpc) is 2.54. The number of hydrogen-bond donors (Lipinski definition) is 0. The van der Waals surface area contributed by atoms with Crippen molar-refractivity contribution in [3.8, 4) is 0 Å². The molecule has 12 heavy (non-hydrogen) atoms. The summed E-state index contributed by atoms with van der Waals surface area (Å²) in [5.41, 5.74) is 0. The van der Waals surface area contributed by atoms with Crippen molar-refractivity contribution in [3.05, 3.63) is 10.4 Å². The van der Waals surface area contributed by atoms with Crippen molar-refractivity contribution >= 4 is 17.2 Å². The Morgan fingerprint density at radius 3 is 2.83 bits per heavy atom. The number of ether oxygens (including phenoxy) is 1. The smallest absolute Gasteiger partial charge is 0.140 e. The van der Waals surface area contributed by atoms with Crippen LogP contribution in [0, 0.1) is 6.92 Å². The van der Waals surface area contributed by atoms with Crippen molar-refractivity contribution in [2.45, 2.75) is 6.92 Å². The van der Waals surface area contributed by atoms with Gasteiger partial charge in [0.2, 0.25) is 0 Å². The van der Waals surface area contributed by atoms with Gasteiger partial charge >= 0.3 is 0 Å². The lowest BCUT2D eigenvalue weighted by Crippen LogP contribution is -2.36. The summed E-state index contributed by atoms with van der Waals surface area (Å²) in [6, 6.07) is 0. The Kier molecular flexibility index (Phi) is 2.28. The Hall–Kier alpha value is -0.610. The van der Waals surface area contributed by atoms with Crippen LogP contribution in [0.4, 0.5) is 5.82 Å². The minimum Gasteiger partial charge on any atom is -0.378 e. The van der Waals surface area contributed by atoms with E-state index in [-0.39, 0.29) is 0 Å². The number of rotatable bonds is 1. The fraction of sp³-hybridized carbons (Fsp3) is 0.625. The largest absolute Gasteiger partial charge is 0.378 e. The SMILES string of the molecule is Cc1nc(N2CCOCC2)cs1. The van der Waals surface area contributed by atoms with Crippen molar-refractivity contribution in [1.82, 2.24) is 4.98 Å². The molecule has 0 N–H and O–H groups in total. The van der Waals surface area contributed by atoms with Gasteiger partial charge in [-0.2, -0.15) is 0 Å². The molecule has 1 saturated heterocycles. The van der Waals surface area contributed by atoms with Gasteiger partial charge in [-0.25, -0.2) is 4.98 Å². The van der Waals surface area contributed by atoms with Crippen LogP contribution in [-0.2, 0) is 4.74 Å². The number of thiazole rings is 1. The first-order valence-corrected chi connectivity index (χ1v) is 4.99. The van der Waals surface area contributed by atoms with Gasteiger partial charge < -0.3 is 9.64 Å². The zero-order chi connectivity index (χ0) is 8.39. The maximum Gasteiger partial charge on any atom is 0.140 e. The summed E-state index contributed by atoms with van der Waals surface area (Å²) in [6.07, 6.45) is 0. The molecule has 0 saturated carbocycles. The van der Waals surface area contributed by atoms with E-state index in [1.165, 1.54) is 0 Å². The molecular formula is C8H12N2OS. The van der Waals surface area contributed by atoms with Crippen molar-refractivity contribution in [3.63, 3.8) is 0 Å². The van der Waals surface area contributed by atoms with E-state index in [0.717, 1.165) is 37.1 Å². The molecule has 1 aliphatic rings. The molecule has 0 atom stereocenters. The molecule has 1 fully saturated rings. The predicted octanol–water partition coefficient (Wildman–Crippen LogP) is 1.29. The van der Waals surface area contributed by atoms with Crippen LogP contribution >= 0.6 is 11.3 Å². The van der Waals surface area contributed by atoms with E-state index in [9.17, 15) is 0 Å². The van der Waals surface area contributed by atoms with Gasteiger partial charge in [-0.15, -0.1) is 11.3 Å². The Morgan fingerprint density at radius 2 is 2.25 bits per heavy atom. The summed E-state index contributed by atoms with van der Waals surface area (Å²) in [5, 5.41) is 3.25. The lowest BCUT2D eigenvalue weighted by molar-refractivity contribution is 0.122. The normalized spacial score (nSPS) is 18.2. The summed E-state index contributed by atoms with van der Waals surface area (Å²) in [4.78, 5) is 6.69. The minimum absolute atomic E-state index is 0.830. The molecule has 3 nitrogen and oxygen atoms in total. The summed E-state index contributed by atoms with van der Waals surface area (Å²) < 4.78 is 5.26. The third-order valence-corrected chi connectivity index (χ3v) is 2.70. The molecule has 0 aromatic carbocycles. The lowest BCUT2D eigenvalue weighted by atomic mass is 10.4. The van der Waals surface area contributed by atoms with Gasteiger partial charge in [0.1, 0.15) is 5.82 Å². The van der Waals surface area contributed by atoms with Crippen molar-refractivity contribution in [1.29, 1.82) is 0 Å². The van der Waals surface area contributed by atoms with Crippen LogP contribution in [0.15, 0.2) is 5.38 Å². The first-order valence-electron chi connectivity index (χ1n) is 4.11. The molecule has 0 aliphatic carbocycles. The number of morpholine rings is 1. The van der Waals surface area contributed by atoms with Crippen molar-refractivity contribution < 1.29 is 4.74 Å². The monoisotopic (exact) mass is 184 g/mol. The molecule has 0 amide bonds. The number of aromatic nitrogens is 1. The Balaban J connectivity index is 2.08. The van der Waals surface area contributed by atoms with Crippen LogP contribution in [0.3, 0.4) is 0 Å². The van der Waals surface area contributed by atoms with Gasteiger partial charge in [0, 0.05) is 18.5 Å². The van der Waals surface area contributed by atoms with Gasteiger partial charge in [-0.1, -0.05) is 0 Å². The van der Waals surface area contributed by atoms with E-state index in [4.69, 9.17) is 4.74 Å². The van der Waals surface area contributed by atoms with Crippen LogP contribution in [0.5, 0.6) is 0 Å². The first-order chi connectivity index (χ1) is 5.86. The second kappa shape index (κ2) is 3.41. The second-order valence-corrected chi connectivity index (χ2v) is 3.89. The molecule has 0 radical (unpaired) electrons. The van der Waals surface area contributed by atoms with Gasteiger partial charge in [0.25, 0.3) is 0 Å². The highest BCUT2D eigenvalue weighted by Gasteiger charge is 2.12. The molecule has 4 heteroatoms. The topological polar surface area (TPSA) is 25.4 Å². The maximum atomic E-state index is 5.26.